The molecule has 2 aromatic carbocycles. The van der Waals surface area contributed by atoms with Gasteiger partial charge in [0.1, 0.15) is 6.29 Å². The van der Waals surface area contributed by atoms with Gasteiger partial charge in [0.2, 0.25) is 0 Å². The van der Waals surface area contributed by atoms with Crippen LogP contribution in [0.15, 0.2) is 36.4 Å². The third-order valence-electron chi connectivity index (χ3n) is 3.35. The molecule has 0 aliphatic heterocycles. The summed E-state index contributed by atoms with van der Waals surface area (Å²) >= 11 is 0. The number of carboxylic acid groups (broad SMARTS) is 1. The molecule has 0 atom stereocenters. The highest BCUT2D eigenvalue weighted by molar-refractivity contribution is 5.76. The van der Waals surface area contributed by atoms with Crippen LogP contribution in [0.1, 0.15) is 15.9 Å². The van der Waals surface area contributed by atoms with Crippen molar-refractivity contribution in [3.63, 3.8) is 0 Å². The lowest BCUT2D eigenvalue weighted by Gasteiger charge is -2.08. The van der Waals surface area contributed by atoms with E-state index in [0.29, 0.717) is 34.1 Å². The topological polar surface area (TPSA) is 91.3 Å². The highest BCUT2D eigenvalue weighted by Crippen LogP contribution is 2.28. The van der Waals surface area contributed by atoms with E-state index in [-0.39, 0.29) is 6.42 Å². The first-order valence-corrected chi connectivity index (χ1v) is 7.58. The minimum atomic E-state index is -0.864. The Kier molecular flexibility index (Phi) is 8.49. The van der Waals surface area contributed by atoms with Gasteiger partial charge in [-0.15, -0.1) is 0 Å². The molecule has 0 aliphatic carbocycles. The maximum atomic E-state index is 10.5. The Morgan fingerprint density at radius 3 is 1.81 bits per heavy atom. The van der Waals surface area contributed by atoms with Crippen LogP contribution in [0.2, 0.25) is 0 Å². The lowest BCUT2D eigenvalue weighted by atomic mass is 10.1. The van der Waals surface area contributed by atoms with Crippen LogP contribution in [0.4, 0.5) is 0 Å². The molecule has 0 saturated heterocycles. The standard InChI is InChI=1S/C10H12O4.C9H10O3/c1-13-8-4-3-7(6-10(11)12)5-9(8)14-2;1-11-8-4-3-7(6-10)5-9(8)12-2/h3-5H,6H2,1-2H3,(H,11,12);3-6H,1-2H3. The van der Waals surface area contributed by atoms with Gasteiger partial charge in [0.05, 0.1) is 34.9 Å². The van der Waals surface area contributed by atoms with E-state index in [1.54, 1.807) is 43.5 Å². The molecule has 0 aromatic heterocycles. The molecule has 7 heteroatoms. The number of aldehydes is 1. The van der Waals surface area contributed by atoms with Crippen LogP contribution in [-0.2, 0) is 11.2 Å². The average Bonchev–Trinajstić information content (AvgIpc) is 2.67. The van der Waals surface area contributed by atoms with Gasteiger partial charge in [0, 0.05) is 5.56 Å². The van der Waals surface area contributed by atoms with Gasteiger partial charge < -0.3 is 24.1 Å². The number of carbonyl (C=O) groups is 2. The van der Waals surface area contributed by atoms with Crippen molar-refractivity contribution < 1.29 is 33.6 Å². The Balaban J connectivity index is 0.000000263. The Labute approximate surface area is 152 Å². The number of hydrogen-bond acceptors (Lipinski definition) is 6. The molecular formula is C19H22O7. The quantitative estimate of drug-likeness (QED) is 0.757. The molecule has 0 amide bonds. The second kappa shape index (κ2) is 10.6. The summed E-state index contributed by atoms with van der Waals surface area (Å²) in [4.78, 5) is 20.8. The monoisotopic (exact) mass is 362 g/mol. The fourth-order valence-electron chi connectivity index (χ4n) is 2.09. The third kappa shape index (κ3) is 6.01. The van der Waals surface area contributed by atoms with Crippen molar-refractivity contribution in [3.8, 4) is 23.0 Å². The van der Waals surface area contributed by atoms with Crippen LogP contribution in [0, 0.1) is 0 Å². The zero-order valence-electron chi connectivity index (χ0n) is 15.1. The molecule has 0 fully saturated rings. The zero-order valence-corrected chi connectivity index (χ0v) is 15.1. The molecule has 1 N–H and O–H groups in total. The summed E-state index contributed by atoms with van der Waals surface area (Å²) in [5, 5.41) is 8.58. The van der Waals surface area contributed by atoms with E-state index in [9.17, 15) is 9.59 Å². The molecule has 2 aromatic rings. The molecule has 0 saturated carbocycles. The highest BCUT2D eigenvalue weighted by atomic mass is 16.5. The second-order valence-electron chi connectivity index (χ2n) is 4.99. The van der Waals surface area contributed by atoms with Gasteiger partial charge in [-0.05, 0) is 35.9 Å². The van der Waals surface area contributed by atoms with Crippen LogP contribution < -0.4 is 18.9 Å². The molecule has 0 spiro atoms. The van der Waals surface area contributed by atoms with E-state index in [1.165, 1.54) is 21.3 Å². The molecular weight excluding hydrogens is 340 g/mol. The first-order valence-electron chi connectivity index (χ1n) is 7.58. The van der Waals surface area contributed by atoms with E-state index in [1.807, 2.05) is 0 Å². The van der Waals surface area contributed by atoms with Crippen LogP contribution >= 0.6 is 0 Å². The van der Waals surface area contributed by atoms with Crippen molar-refractivity contribution in [3.05, 3.63) is 47.5 Å². The molecule has 140 valence electrons. The number of ether oxygens (including phenoxy) is 4. The first-order chi connectivity index (χ1) is 12.5. The molecule has 7 nitrogen and oxygen atoms in total. The van der Waals surface area contributed by atoms with Crippen molar-refractivity contribution in [2.75, 3.05) is 28.4 Å². The predicted molar refractivity (Wildman–Crippen MR) is 95.8 cm³/mol. The maximum Gasteiger partial charge on any atom is 0.307 e. The predicted octanol–water partition coefficient (Wildman–Crippen LogP) is 2.85. The highest BCUT2D eigenvalue weighted by Gasteiger charge is 2.06. The number of carboxylic acids is 1. The average molecular weight is 362 g/mol. The summed E-state index contributed by atoms with van der Waals surface area (Å²) in [5.74, 6) is 1.48. The van der Waals surface area contributed by atoms with E-state index in [4.69, 9.17) is 24.1 Å². The lowest BCUT2D eigenvalue weighted by Crippen LogP contribution is -2.00. The van der Waals surface area contributed by atoms with Crippen LogP contribution in [0.25, 0.3) is 0 Å². The Morgan fingerprint density at radius 2 is 1.35 bits per heavy atom. The summed E-state index contributed by atoms with van der Waals surface area (Å²) in [6.07, 6.45) is 0.752. The van der Waals surface area contributed by atoms with Crippen molar-refractivity contribution in [2.45, 2.75) is 6.42 Å². The fraction of sp³-hybridized carbons (Fsp3) is 0.263. The Hall–Kier alpha value is -3.22. The number of hydrogen-bond donors (Lipinski definition) is 1. The van der Waals surface area contributed by atoms with Gasteiger partial charge in [0.15, 0.2) is 23.0 Å². The summed E-state index contributed by atoms with van der Waals surface area (Å²) in [6, 6.07) is 10.1. The van der Waals surface area contributed by atoms with Crippen molar-refractivity contribution in [1.82, 2.24) is 0 Å². The molecule has 0 heterocycles. The van der Waals surface area contributed by atoms with Gasteiger partial charge in [0.25, 0.3) is 0 Å². The zero-order chi connectivity index (χ0) is 19.5. The molecule has 0 radical (unpaired) electrons. The summed E-state index contributed by atoms with van der Waals surface area (Å²) in [6.45, 7) is 0. The van der Waals surface area contributed by atoms with E-state index in [2.05, 4.69) is 0 Å². The van der Waals surface area contributed by atoms with Gasteiger partial charge in [-0.3, -0.25) is 9.59 Å². The summed E-state index contributed by atoms with van der Waals surface area (Å²) < 4.78 is 20.1. The number of methoxy groups -OCH3 is 4. The summed E-state index contributed by atoms with van der Waals surface area (Å²) in [7, 11) is 6.14. The smallest absolute Gasteiger partial charge is 0.307 e. The van der Waals surface area contributed by atoms with Crippen LogP contribution in [0.3, 0.4) is 0 Å². The van der Waals surface area contributed by atoms with Crippen LogP contribution in [0.5, 0.6) is 23.0 Å². The molecule has 0 bridgehead atoms. The minimum absolute atomic E-state index is 0.0135. The number of benzene rings is 2. The number of aliphatic carboxylic acids is 1. The van der Waals surface area contributed by atoms with Crippen molar-refractivity contribution in [1.29, 1.82) is 0 Å². The molecule has 26 heavy (non-hydrogen) atoms. The largest absolute Gasteiger partial charge is 0.493 e. The van der Waals surface area contributed by atoms with Gasteiger partial charge in [-0.25, -0.2) is 0 Å². The number of rotatable bonds is 7. The minimum Gasteiger partial charge on any atom is -0.493 e. The normalized spacial score (nSPS) is 9.38. The van der Waals surface area contributed by atoms with Crippen molar-refractivity contribution >= 4 is 12.3 Å². The van der Waals surface area contributed by atoms with Gasteiger partial charge in [-0.2, -0.15) is 0 Å². The van der Waals surface area contributed by atoms with Crippen molar-refractivity contribution in [2.24, 2.45) is 0 Å². The van der Waals surface area contributed by atoms with E-state index < -0.39 is 5.97 Å². The molecule has 2 rings (SSSR count). The van der Waals surface area contributed by atoms with Crippen LogP contribution in [-0.4, -0.2) is 45.8 Å². The van der Waals surface area contributed by atoms with Gasteiger partial charge >= 0.3 is 5.97 Å². The summed E-state index contributed by atoms with van der Waals surface area (Å²) in [5.41, 5.74) is 1.27. The second-order valence-corrected chi connectivity index (χ2v) is 4.99. The van der Waals surface area contributed by atoms with Gasteiger partial charge in [-0.1, -0.05) is 6.07 Å². The lowest BCUT2D eigenvalue weighted by molar-refractivity contribution is -0.136. The SMILES string of the molecule is COc1ccc(C=O)cc1OC.COc1ccc(CC(=O)O)cc1OC. The Morgan fingerprint density at radius 1 is 0.846 bits per heavy atom. The maximum absolute atomic E-state index is 10.5. The number of carbonyl (C=O) groups excluding carboxylic acids is 1. The fourth-order valence-corrected chi connectivity index (χ4v) is 2.09. The third-order valence-corrected chi connectivity index (χ3v) is 3.35. The Bertz CT molecular complexity index is 741. The first kappa shape index (κ1) is 20.8. The van der Waals surface area contributed by atoms with E-state index >= 15 is 0 Å². The molecule has 0 unspecified atom stereocenters. The van der Waals surface area contributed by atoms with E-state index in [0.717, 1.165) is 6.29 Å². The molecule has 0 aliphatic rings.